The van der Waals surface area contributed by atoms with E-state index in [4.69, 9.17) is 26.8 Å². The van der Waals surface area contributed by atoms with E-state index < -0.39 is 0 Å². The summed E-state index contributed by atoms with van der Waals surface area (Å²) in [6.07, 6.45) is 2.67. The first-order valence-electron chi connectivity index (χ1n) is 6.98. The predicted molar refractivity (Wildman–Crippen MR) is 78.1 cm³/mol. The number of benzene rings is 1. The Labute approximate surface area is 124 Å². The Balaban J connectivity index is 1.96. The average molecular weight is 298 g/mol. The molecule has 0 spiro atoms. The van der Waals surface area contributed by atoms with E-state index in [1.54, 1.807) is 6.92 Å². The first-order valence-corrected chi connectivity index (χ1v) is 7.36. The second kappa shape index (κ2) is 6.95. The zero-order valence-electron chi connectivity index (χ0n) is 11.7. The summed E-state index contributed by atoms with van der Waals surface area (Å²) < 4.78 is 10.5. The number of carbonyl (C=O) groups is 1. The highest BCUT2D eigenvalue weighted by Crippen LogP contribution is 2.36. The molecule has 1 atom stereocenters. The molecule has 1 aliphatic heterocycles. The van der Waals surface area contributed by atoms with Crippen molar-refractivity contribution in [3.63, 3.8) is 0 Å². The van der Waals surface area contributed by atoms with Gasteiger partial charge in [-0.3, -0.25) is 4.79 Å². The summed E-state index contributed by atoms with van der Waals surface area (Å²) >= 11 is 6.11. The molecule has 0 aromatic heterocycles. The fourth-order valence-corrected chi connectivity index (χ4v) is 2.68. The predicted octanol–water partition coefficient (Wildman–Crippen LogP) is 3.01. The SMILES string of the molecule is CCOC(=O)CCCC(N)c1cc(Cl)cc2c1OCC2. The standard InChI is InChI=1S/C15H20ClNO3/c1-2-19-14(18)5-3-4-13(17)12-9-11(16)8-10-6-7-20-15(10)12/h8-9,13H,2-7,17H2,1H3. The van der Waals surface area contributed by atoms with Gasteiger partial charge in [0, 0.05) is 29.5 Å². The van der Waals surface area contributed by atoms with Gasteiger partial charge in [-0.2, -0.15) is 0 Å². The summed E-state index contributed by atoms with van der Waals surface area (Å²) in [5, 5.41) is 0.685. The van der Waals surface area contributed by atoms with Crippen LogP contribution in [-0.2, 0) is 16.0 Å². The molecular formula is C15H20ClNO3. The van der Waals surface area contributed by atoms with Crippen LogP contribution in [0.2, 0.25) is 5.02 Å². The number of hydrogen-bond donors (Lipinski definition) is 1. The topological polar surface area (TPSA) is 61.5 Å². The highest BCUT2D eigenvalue weighted by atomic mass is 35.5. The van der Waals surface area contributed by atoms with E-state index in [-0.39, 0.29) is 12.0 Å². The Morgan fingerprint density at radius 1 is 1.55 bits per heavy atom. The van der Waals surface area contributed by atoms with Gasteiger partial charge in [-0.25, -0.2) is 0 Å². The molecule has 1 aliphatic rings. The fraction of sp³-hybridized carbons (Fsp3) is 0.533. The molecule has 0 saturated heterocycles. The van der Waals surface area contributed by atoms with Gasteiger partial charge >= 0.3 is 5.97 Å². The Morgan fingerprint density at radius 2 is 2.35 bits per heavy atom. The van der Waals surface area contributed by atoms with Crippen LogP contribution < -0.4 is 10.5 Å². The zero-order valence-corrected chi connectivity index (χ0v) is 12.4. The molecule has 1 aromatic rings. The van der Waals surface area contributed by atoms with Crippen molar-refractivity contribution in [1.82, 2.24) is 0 Å². The molecule has 0 saturated carbocycles. The van der Waals surface area contributed by atoms with E-state index in [0.29, 0.717) is 37.5 Å². The number of esters is 1. The van der Waals surface area contributed by atoms with Crippen molar-refractivity contribution in [3.8, 4) is 5.75 Å². The van der Waals surface area contributed by atoms with Crippen LogP contribution in [0.5, 0.6) is 5.75 Å². The average Bonchev–Trinajstić information content (AvgIpc) is 2.85. The van der Waals surface area contributed by atoms with E-state index in [1.165, 1.54) is 0 Å². The van der Waals surface area contributed by atoms with Gasteiger partial charge in [-0.05, 0) is 37.5 Å². The van der Waals surface area contributed by atoms with Gasteiger partial charge in [0.25, 0.3) is 0 Å². The minimum Gasteiger partial charge on any atom is -0.493 e. The van der Waals surface area contributed by atoms with Gasteiger partial charge in [-0.15, -0.1) is 0 Å². The van der Waals surface area contributed by atoms with E-state index in [2.05, 4.69) is 0 Å². The van der Waals surface area contributed by atoms with E-state index in [1.807, 2.05) is 12.1 Å². The van der Waals surface area contributed by atoms with Crippen LogP contribution in [-0.4, -0.2) is 19.2 Å². The van der Waals surface area contributed by atoms with Crippen LogP contribution in [0.1, 0.15) is 43.4 Å². The molecule has 2 N–H and O–H groups in total. The van der Waals surface area contributed by atoms with Crippen molar-refractivity contribution < 1.29 is 14.3 Å². The highest BCUT2D eigenvalue weighted by molar-refractivity contribution is 6.30. The lowest BCUT2D eigenvalue weighted by atomic mass is 9.98. The van der Waals surface area contributed by atoms with Crippen LogP contribution in [0.25, 0.3) is 0 Å². The van der Waals surface area contributed by atoms with Gasteiger partial charge in [0.15, 0.2) is 0 Å². The second-order valence-corrected chi connectivity index (χ2v) is 5.32. The number of ether oxygens (including phenoxy) is 2. The van der Waals surface area contributed by atoms with Crippen molar-refractivity contribution in [1.29, 1.82) is 0 Å². The molecule has 0 radical (unpaired) electrons. The third kappa shape index (κ3) is 3.64. The molecule has 1 heterocycles. The maximum Gasteiger partial charge on any atom is 0.305 e. The number of carbonyl (C=O) groups excluding carboxylic acids is 1. The smallest absolute Gasteiger partial charge is 0.305 e. The molecule has 110 valence electrons. The van der Waals surface area contributed by atoms with Crippen molar-refractivity contribution >= 4 is 17.6 Å². The molecular weight excluding hydrogens is 278 g/mol. The monoisotopic (exact) mass is 297 g/mol. The maximum atomic E-state index is 11.3. The van der Waals surface area contributed by atoms with Crippen molar-refractivity contribution in [2.24, 2.45) is 5.73 Å². The lowest BCUT2D eigenvalue weighted by Crippen LogP contribution is -2.13. The molecule has 1 aromatic carbocycles. The van der Waals surface area contributed by atoms with Crippen LogP contribution in [0.4, 0.5) is 0 Å². The largest absolute Gasteiger partial charge is 0.493 e. The summed E-state index contributed by atoms with van der Waals surface area (Å²) in [5.74, 6) is 0.699. The first-order chi connectivity index (χ1) is 9.61. The van der Waals surface area contributed by atoms with Crippen LogP contribution in [0.3, 0.4) is 0 Å². The second-order valence-electron chi connectivity index (χ2n) is 4.89. The van der Waals surface area contributed by atoms with Crippen LogP contribution in [0, 0.1) is 0 Å². The number of hydrogen-bond acceptors (Lipinski definition) is 4. The molecule has 0 fully saturated rings. The lowest BCUT2D eigenvalue weighted by Gasteiger charge is -2.16. The van der Waals surface area contributed by atoms with Gasteiger partial charge in [-0.1, -0.05) is 11.6 Å². The highest BCUT2D eigenvalue weighted by Gasteiger charge is 2.21. The van der Waals surface area contributed by atoms with E-state index in [0.717, 1.165) is 23.3 Å². The third-order valence-electron chi connectivity index (χ3n) is 3.38. The maximum absolute atomic E-state index is 11.3. The minimum atomic E-state index is -0.174. The zero-order chi connectivity index (χ0) is 14.5. The van der Waals surface area contributed by atoms with Crippen molar-refractivity contribution in [2.45, 2.75) is 38.6 Å². The Hall–Kier alpha value is -1.26. The van der Waals surface area contributed by atoms with Gasteiger partial charge < -0.3 is 15.2 Å². The minimum absolute atomic E-state index is 0.171. The summed E-state index contributed by atoms with van der Waals surface area (Å²) in [6.45, 7) is 2.90. The molecule has 5 heteroatoms. The molecule has 20 heavy (non-hydrogen) atoms. The number of nitrogens with two attached hydrogens (primary N) is 1. The molecule has 0 aliphatic carbocycles. The van der Waals surface area contributed by atoms with Gasteiger partial charge in [0.2, 0.25) is 0 Å². The Morgan fingerprint density at radius 3 is 3.10 bits per heavy atom. The van der Waals surface area contributed by atoms with E-state index in [9.17, 15) is 4.79 Å². The van der Waals surface area contributed by atoms with Crippen LogP contribution in [0.15, 0.2) is 12.1 Å². The number of fused-ring (bicyclic) bond motifs is 1. The Bertz CT molecular complexity index is 490. The van der Waals surface area contributed by atoms with E-state index >= 15 is 0 Å². The molecule has 4 nitrogen and oxygen atoms in total. The molecule has 0 amide bonds. The van der Waals surface area contributed by atoms with Gasteiger partial charge in [0.1, 0.15) is 5.75 Å². The summed E-state index contributed by atoms with van der Waals surface area (Å²) in [4.78, 5) is 11.3. The Kier molecular flexibility index (Phi) is 5.26. The van der Waals surface area contributed by atoms with Crippen molar-refractivity contribution in [2.75, 3.05) is 13.2 Å². The quantitative estimate of drug-likeness (QED) is 0.820. The van der Waals surface area contributed by atoms with Crippen molar-refractivity contribution in [3.05, 3.63) is 28.3 Å². The normalized spacial score (nSPS) is 14.6. The fourth-order valence-electron chi connectivity index (χ4n) is 2.43. The molecule has 1 unspecified atom stereocenters. The summed E-state index contributed by atoms with van der Waals surface area (Å²) in [7, 11) is 0. The third-order valence-corrected chi connectivity index (χ3v) is 3.60. The summed E-state index contributed by atoms with van der Waals surface area (Å²) in [5.41, 5.74) is 8.26. The number of rotatable bonds is 6. The number of halogens is 1. The summed E-state index contributed by atoms with van der Waals surface area (Å²) in [6, 6.07) is 3.62. The van der Waals surface area contributed by atoms with Crippen LogP contribution >= 0.6 is 11.6 Å². The first kappa shape index (κ1) is 15.1. The van der Waals surface area contributed by atoms with Gasteiger partial charge in [0.05, 0.1) is 13.2 Å². The molecule has 0 bridgehead atoms. The lowest BCUT2D eigenvalue weighted by molar-refractivity contribution is -0.143. The molecule has 2 rings (SSSR count).